The first-order chi connectivity index (χ1) is 9.62. The molecule has 7 heteroatoms. The predicted octanol–water partition coefficient (Wildman–Crippen LogP) is 2.23. The molecule has 0 amide bonds. The Kier molecular flexibility index (Phi) is 8.56. The van der Waals surface area contributed by atoms with E-state index in [2.05, 4.69) is 27.1 Å². The van der Waals surface area contributed by atoms with Gasteiger partial charge in [-0.25, -0.2) is 0 Å². The first-order valence-electron chi connectivity index (χ1n) is 6.33. The molecule has 0 bridgehead atoms. The van der Waals surface area contributed by atoms with E-state index in [1.54, 1.807) is 0 Å². The number of benzene rings is 1. The Balaban J connectivity index is 2.78. The van der Waals surface area contributed by atoms with E-state index in [4.69, 9.17) is 15.9 Å². The van der Waals surface area contributed by atoms with Gasteiger partial charge in [-0.1, -0.05) is 0 Å². The lowest BCUT2D eigenvalue weighted by molar-refractivity contribution is 0.0405. The van der Waals surface area contributed by atoms with Crippen LogP contribution in [-0.2, 0) is 11.2 Å². The zero-order valence-corrected chi connectivity index (χ0v) is 14.6. The number of aliphatic hydroxyl groups is 1. The first-order valence-corrected chi connectivity index (χ1v) is 10.4. The van der Waals surface area contributed by atoms with Gasteiger partial charge in [0.25, 0.3) is 0 Å². The summed E-state index contributed by atoms with van der Waals surface area (Å²) in [6, 6.07) is 3.97. The molecule has 0 aliphatic rings. The molecule has 0 spiro atoms. The molecule has 1 rings (SSSR count). The van der Waals surface area contributed by atoms with Crippen LogP contribution in [0.5, 0.6) is 0 Å². The van der Waals surface area contributed by atoms with Crippen LogP contribution >= 0.6 is 28.4 Å². The molecule has 0 saturated carbocycles. The summed E-state index contributed by atoms with van der Waals surface area (Å²) in [6.07, 6.45) is 1.88. The molecule has 2 unspecified atom stereocenters. The highest BCUT2D eigenvalue weighted by Gasteiger charge is 2.11. The minimum atomic E-state index is -0.541. The van der Waals surface area contributed by atoms with E-state index in [1.807, 2.05) is 19.1 Å². The first kappa shape index (κ1) is 17.8. The van der Waals surface area contributed by atoms with Crippen LogP contribution in [0.15, 0.2) is 12.1 Å². The standard InChI is InChI=1S/C13H21IN3O2P/c1-9-4-11(7-16)13(17-20-14)6-10(9)5-12(18)8-19-3-2-15/h4,6-7,12,16-18,20H,2-3,5,8,15H2,1H3. The second-order valence-corrected chi connectivity index (χ2v) is 6.51. The molecule has 20 heavy (non-hydrogen) atoms. The van der Waals surface area contributed by atoms with E-state index in [-0.39, 0.29) is 0 Å². The van der Waals surface area contributed by atoms with Crippen molar-refractivity contribution in [2.24, 2.45) is 5.73 Å². The summed E-state index contributed by atoms with van der Waals surface area (Å²) in [5.74, 6) is 0. The lowest BCUT2D eigenvalue weighted by Crippen LogP contribution is -2.21. The zero-order valence-electron chi connectivity index (χ0n) is 11.4. The number of hydrogen-bond acceptors (Lipinski definition) is 5. The van der Waals surface area contributed by atoms with E-state index in [0.29, 0.717) is 32.6 Å². The average molecular weight is 409 g/mol. The van der Waals surface area contributed by atoms with Gasteiger partial charge in [0.05, 0.1) is 19.3 Å². The highest BCUT2D eigenvalue weighted by atomic mass is 127. The molecule has 0 radical (unpaired) electrons. The zero-order chi connectivity index (χ0) is 15.0. The van der Waals surface area contributed by atoms with E-state index in [0.717, 1.165) is 22.4 Å². The van der Waals surface area contributed by atoms with Crippen molar-refractivity contribution in [3.8, 4) is 0 Å². The maximum atomic E-state index is 9.97. The molecule has 0 heterocycles. The van der Waals surface area contributed by atoms with E-state index < -0.39 is 6.10 Å². The third kappa shape index (κ3) is 5.61. The van der Waals surface area contributed by atoms with Crippen molar-refractivity contribution in [2.75, 3.05) is 24.8 Å². The van der Waals surface area contributed by atoms with Crippen molar-refractivity contribution in [2.45, 2.75) is 19.4 Å². The largest absolute Gasteiger partial charge is 0.390 e. The number of halogens is 1. The molecule has 1 aromatic rings. The third-order valence-electron chi connectivity index (χ3n) is 2.87. The van der Waals surface area contributed by atoms with Crippen LogP contribution in [0.2, 0.25) is 0 Å². The number of aryl methyl sites for hydroxylation is 1. The fraction of sp³-hybridized carbons (Fsp3) is 0.462. The summed E-state index contributed by atoms with van der Waals surface area (Å²) >= 11 is 2.25. The highest BCUT2D eigenvalue weighted by Crippen LogP contribution is 2.28. The lowest BCUT2D eigenvalue weighted by atomic mass is 9.99. The van der Waals surface area contributed by atoms with E-state index in [9.17, 15) is 5.11 Å². The van der Waals surface area contributed by atoms with Crippen LogP contribution in [0.25, 0.3) is 0 Å². The van der Waals surface area contributed by atoms with Gasteiger partial charge in [-0.2, -0.15) is 0 Å². The Morgan fingerprint density at radius 2 is 2.35 bits per heavy atom. The van der Waals surface area contributed by atoms with Crippen molar-refractivity contribution in [1.29, 1.82) is 5.41 Å². The number of hydrogen-bond donors (Lipinski definition) is 4. The second-order valence-electron chi connectivity index (χ2n) is 4.45. The minimum absolute atomic E-state index is 0.291. The highest BCUT2D eigenvalue weighted by molar-refractivity contribution is 14.2. The van der Waals surface area contributed by atoms with Gasteiger partial charge in [0.2, 0.25) is 0 Å². The molecule has 0 aliphatic heterocycles. The summed E-state index contributed by atoms with van der Waals surface area (Å²) in [4.78, 5) is 0. The Labute approximate surface area is 134 Å². The van der Waals surface area contributed by atoms with Crippen molar-refractivity contribution in [1.82, 2.24) is 0 Å². The van der Waals surface area contributed by atoms with Gasteiger partial charge in [-0.05, 0) is 52.2 Å². The van der Waals surface area contributed by atoms with Crippen molar-refractivity contribution < 1.29 is 9.84 Å². The Bertz CT molecular complexity index is 446. The van der Waals surface area contributed by atoms with Gasteiger partial charge in [-0.3, -0.25) is 0 Å². The van der Waals surface area contributed by atoms with Crippen LogP contribution < -0.4 is 10.8 Å². The normalized spacial score (nSPS) is 12.8. The number of anilines is 1. The summed E-state index contributed by atoms with van der Waals surface area (Å²) in [5, 5.41) is 20.7. The maximum Gasteiger partial charge on any atom is 0.0814 e. The molecule has 112 valence electrons. The molecular formula is C13H21IN3O2P. The monoisotopic (exact) mass is 409 g/mol. The van der Waals surface area contributed by atoms with Gasteiger partial charge in [0, 0.05) is 36.8 Å². The molecular weight excluding hydrogens is 388 g/mol. The molecule has 0 aliphatic carbocycles. The molecule has 5 N–H and O–H groups in total. The summed E-state index contributed by atoms with van der Waals surface area (Å²) in [7, 11) is 0. The summed E-state index contributed by atoms with van der Waals surface area (Å²) in [6.45, 7) is 3.21. The molecule has 1 aromatic carbocycles. The van der Waals surface area contributed by atoms with Crippen LogP contribution in [0.3, 0.4) is 0 Å². The van der Waals surface area contributed by atoms with Gasteiger partial charge in [-0.15, -0.1) is 0 Å². The SMILES string of the molecule is Cc1cc(C=N)c(NPI)cc1CC(O)COCCN. The number of rotatable bonds is 9. The van der Waals surface area contributed by atoms with Gasteiger partial charge >= 0.3 is 0 Å². The summed E-state index contributed by atoms with van der Waals surface area (Å²) < 4.78 is 5.25. The summed E-state index contributed by atoms with van der Waals surface area (Å²) in [5.41, 5.74) is 9.28. The van der Waals surface area contributed by atoms with Gasteiger partial charge in [0.15, 0.2) is 0 Å². The predicted molar refractivity (Wildman–Crippen MR) is 94.6 cm³/mol. The topological polar surface area (TPSA) is 91.4 Å². The van der Waals surface area contributed by atoms with Gasteiger partial charge < -0.3 is 26.1 Å². The third-order valence-corrected chi connectivity index (χ3v) is 4.05. The fourth-order valence-corrected chi connectivity index (χ4v) is 3.08. The second kappa shape index (κ2) is 9.63. The fourth-order valence-electron chi connectivity index (χ4n) is 1.89. The van der Waals surface area contributed by atoms with Crippen LogP contribution in [-0.4, -0.2) is 37.2 Å². The van der Waals surface area contributed by atoms with E-state index >= 15 is 0 Å². The number of nitrogens with two attached hydrogens (primary N) is 1. The van der Waals surface area contributed by atoms with Crippen molar-refractivity contribution >= 4 is 40.3 Å². The van der Waals surface area contributed by atoms with Crippen LogP contribution in [0.1, 0.15) is 16.7 Å². The Morgan fingerprint density at radius 3 is 2.95 bits per heavy atom. The number of aliphatic hydroxyl groups excluding tert-OH is 1. The number of ether oxygens (including phenoxy) is 1. The minimum Gasteiger partial charge on any atom is -0.390 e. The average Bonchev–Trinajstić information content (AvgIpc) is 2.42. The molecule has 0 saturated heterocycles. The van der Waals surface area contributed by atoms with Crippen LogP contribution in [0.4, 0.5) is 5.69 Å². The molecule has 0 fully saturated rings. The Morgan fingerprint density at radius 1 is 1.60 bits per heavy atom. The molecule has 2 atom stereocenters. The lowest BCUT2D eigenvalue weighted by Gasteiger charge is -2.16. The Hall–Kier alpha value is -0.270. The van der Waals surface area contributed by atoms with E-state index in [1.165, 1.54) is 6.21 Å². The van der Waals surface area contributed by atoms with Crippen molar-refractivity contribution in [3.63, 3.8) is 0 Å². The molecule has 5 nitrogen and oxygen atoms in total. The smallest absolute Gasteiger partial charge is 0.0814 e. The maximum absolute atomic E-state index is 9.97. The van der Waals surface area contributed by atoms with Crippen molar-refractivity contribution in [3.05, 3.63) is 28.8 Å². The molecule has 0 aromatic heterocycles. The van der Waals surface area contributed by atoms with Gasteiger partial charge in [0.1, 0.15) is 0 Å². The van der Waals surface area contributed by atoms with Crippen LogP contribution in [0, 0.1) is 12.3 Å². The quantitative estimate of drug-likeness (QED) is 0.218. The number of nitrogens with one attached hydrogen (secondary N) is 2.